The van der Waals surface area contributed by atoms with Gasteiger partial charge in [0.05, 0.1) is 0 Å². The number of carbonyl (C=O) groups is 1. The summed E-state index contributed by atoms with van der Waals surface area (Å²) in [5, 5.41) is 8.58. The number of aliphatic carboxylic acids is 1. The van der Waals surface area contributed by atoms with Crippen LogP contribution in [0.25, 0.3) is 0 Å². The average molecular weight is 473 g/mol. The highest BCUT2D eigenvalue weighted by Gasteiger charge is 1.93. The molecule has 0 saturated carbocycles. The van der Waals surface area contributed by atoms with Gasteiger partial charge < -0.3 is 5.11 Å². The van der Waals surface area contributed by atoms with E-state index in [0.29, 0.717) is 0 Å². The highest BCUT2D eigenvalue weighted by Crippen LogP contribution is 2.11. The van der Waals surface area contributed by atoms with E-state index in [0.717, 1.165) is 25.7 Å². The second-order valence-electron chi connectivity index (χ2n) is 9.58. The summed E-state index contributed by atoms with van der Waals surface area (Å²) in [6.45, 7) is 2.27. The summed E-state index contributed by atoms with van der Waals surface area (Å²) in [5.41, 5.74) is 0. The summed E-state index contributed by atoms with van der Waals surface area (Å²) >= 11 is 0. The standard InChI is InChI=1S/C32H56O2/c1-2-3-4-5-6-7-8-9-10-11-12-13-14-15-16-17-18-19-20-21-22-23-24-25-26-27-28-29-30-31-32(33)34/h7-8,11-12,23-24,27-28H,2-6,9-10,13-22,25-26,29-31H2,1H3,(H,33,34)/b8-7+,12-11+,24-23+,28-27+. The third-order valence-corrected chi connectivity index (χ3v) is 6.14. The van der Waals surface area contributed by atoms with Crippen molar-refractivity contribution in [2.24, 2.45) is 0 Å². The molecule has 196 valence electrons. The van der Waals surface area contributed by atoms with Crippen molar-refractivity contribution in [3.05, 3.63) is 48.6 Å². The molecule has 0 amide bonds. The van der Waals surface area contributed by atoms with E-state index in [4.69, 9.17) is 5.11 Å². The van der Waals surface area contributed by atoms with Crippen molar-refractivity contribution in [1.29, 1.82) is 0 Å². The van der Waals surface area contributed by atoms with Crippen LogP contribution in [0.5, 0.6) is 0 Å². The lowest BCUT2D eigenvalue weighted by Crippen LogP contribution is -1.92. The minimum Gasteiger partial charge on any atom is -0.481 e. The fourth-order valence-corrected chi connectivity index (χ4v) is 3.97. The Morgan fingerprint density at radius 2 is 0.735 bits per heavy atom. The molecule has 0 aliphatic carbocycles. The van der Waals surface area contributed by atoms with Crippen molar-refractivity contribution < 1.29 is 9.90 Å². The Balaban J connectivity index is 3.23. The van der Waals surface area contributed by atoms with Gasteiger partial charge in [-0.15, -0.1) is 0 Å². The maximum atomic E-state index is 10.4. The van der Waals surface area contributed by atoms with Crippen LogP contribution in [-0.2, 0) is 4.79 Å². The van der Waals surface area contributed by atoms with Crippen LogP contribution in [0.1, 0.15) is 148 Å². The lowest BCUT2D eigenvalue weighted by molar-refractivity contribution is -0.137. The Bertz CT molecular complexity index is 527. The lowest BCUT2D eigenvalue weighted by atomic mass is 10.1. The van der Waals surface area contributed by atoms with Crippen LogP contribution in [0, 0.1) is 0 Å². The zero-order chi connectivity index (χ0) is 24.8. The first-order valence-corrected chi connectivity index (χ1v) is 14.6. The summed E-state index contributed by atoms with van der Waals surface area (Å²) in [7, 11) is 0. The van der Waals surface area contributed by atoms with Crippen LogP contribution in [0.15, 0.2) is 48.6 Å². The Morgan fingerprint density at radius 1 is 0.441 bits per heavy atom. The largest absolute Gasteiger partial charge is 0.481 e. The lowest BCUT2D eigenvalue weighted by Gasteiger charge is -2.01. The molecule has 0 radical (unpaired) electrons. The number of carboxylic acid groups (broad SMARTS) is 1. The van der Waals surface area contributed by atoms with E-state index in [2.05, 4.69) is 55.5 Å². The van der Waals surface area contributed by atoms with E-state index in [1.54, 1.807) is 0 Å². The summed E-state index contributed by atoms with van der Waals surface area (Å²) in [5.74, 6) is -0.697. The van der Waals surface area contributed by atoms with Gasteiger partial charge in [0.1, 0.15) is 0 Å². The molecule has 0 spiro atoms. The average Bonchev–Trinajstić information content (AvgIpc) is 2.83. The molecule has 0 rings (SSSR count). The number of allylic oxidation sites excluding steroid dienone is 8. The fraction of sp³-hybridized carbons (Fsp3) is 0.719. The number of rotatable bonds is 26. The smallest absolute Gasteiger partial charge is 0.303 e. The molecule has 0 aromatic carbocycles. The van der Waals surface area contributed by atoms with Gasteiger partial charge >= 0.3 is 5.97 Å². The van der Waals surface area contributed by atoms with Gasteiger partial charge in [0.25, 0.3) is 0 Å². The van der Waals surface area contributed by atoms with Gasteiger partial charge in [0.15, 0.2) is 0 Å². The first-order valence-electron chi connectivity index (χ1n) is 14.6. The fourth-order valence-electron chi connectivity index (χ4n) is 3.97. The minimum atomic E-state index is -0.697. The summed E-state index contributed by atoms with van der Waals surface area (Å²) in [6.07, 6.45) is 45.1. The molecule has 0 saturated heterocycles. The molecule has 2 nitrogen and oxygen atoms in total. The van der Waals surface area contributed by atoms with E-state index >= 15 is 0 Å². The minimum absolute atomic E-state index is 0.277. The first kappa shape index (κ1) is 32.4. The van der Waals surface area contributed by atoms with Crippen molar-refractivity contribution in [2.75, 3.05) is 0 Å². The highest BCUT2D eigenvalue weighted by atomic mass is 16.4. The van der Waals surface area contributed by atoms with Crippen LogP contribution in [-0.4, -0.2) is 11.1 Å². The summed E-state index contributed by atoms with van der Waals surface area (Å²) < 4.78 is 0. The zero-order valence-electron chi connectivity index (χ0n) is 22.5. The summed E-state index contributed by atoms with van der Waals surface area (Å²) in [4.78, 5) is 10.4. The molecule has 0 unspecified atom stereocenters. The van der Waals surface area contributed by atoms with E-state index in [9.17, 15) is 4.79 Å². The first-order chi connectivity index (χ1) is 16.8. The predicted octanol–water partition coefficient (Wildman–Crippen LogP) is 10.9. The van der Waals surface area contributed by atoms with Crippen molar-refractivity contribution in [3.8, 4) is 0 Å². The molecule has 2 heteroatoms. The Kier molecular flexibility index (Phi) is 28.1. The molecule has 0 aliphatic heterocycles. The van der Waals surface area contributed by atoms with Crippen LogP contribution in [0.3, 0.4) is 0 Å². The Morgan fingerprint density at radius 3 is 1.09 bits per heavy atom. The quantitative estimate of drug-likeness (QED) is 0.100. The van der Waals surface area contributed by atoms with Gasteiger partial charge in [-0.05, 0) is 77.0 Å². The number of hydrogen-bond donors (Lipinski definition) is 1. The van der Waals surface area contributed by atoms with Gasteiger partial charge in [0.2, 0.25) is 0 Å². The molecule has 0 aliphatic rings. The van der Waals surface area contributed by atoms with Gasteiger partial charge in [-0.1, -0.05) is 113 Å². The number of hydrogen-bond acceptors (Lipinski definition) is 1. The SMILES string of the molecule is CCCCCC/C=C/CC/C=C/CCCCCCCCCC/C=C/CC/C=C/CCCC(=O)O. The molecular formula is C32H56O2. The molecule has 34 heavy (non-hydrogen) atoms. The number of unbranched alkanes of at least 4 members (excludes halogenated alkanes) is 16. The van der Waals surface area contributed by atoms with Gasteiger partial charge in [-0.25, -0.2) is 0 Å². The van der Waals surface area contributed by atoms with Crippen LogP contribution in [0.4, 0.5) is 0 Å². The van der Waals surface area contributed by atoms with Crippen LogP contribution in [0.2, 0.25) is 0 Å². The van der Waals surface area contributed by atoms with Crippen LogP contribution >= 0.6 is 0 Å². The van der Waals surface area contributed by atoms with E-state index < -0.39 is 5.97 Å². The Hall–Kier alpha value is -1.57. The monoisotopic (exact) mass is 472 g/mol. The molecule has 0 fully saturated rings. The van der Waals surface area contributed by atoms with Gasteiger partial charge in [0, 0.05) is 6.42 Å². The number of carboxylic acids is 1. The van der Waals surface area contributed by atoms with Crippen molar-refractivity contribution in [2.45, 2.75) is 148 Å². The van der Waals surface area contributed by atoms with E-state index in [1.165, 1.54) is 109 Å². The maximum Gasteiger partial charge on any atom is 0.303 e. The zero-order valence-corrected chi connectivity index (χ0v) is 22.5. The molecule has 0 aromatic rings. The van der Waals surface area contributed by atoms with E-state index in [1.807, 2.05) is 0 Å². The molecule has 0 aromatic heterocycles. The van der Waals surface area contributed by atoms with Gasteiger partial charge in [-0.3, -0.25) is 4.79 Å². The van der Waals surface area contributed by atoms with Gasteiger partial charge in [-0.2, -0.15) is 0 Å². The molecule has 0 heterocycles. The molecule has 0 bridgehead atoms. The predicted molar refractivity (Wildman–Crippen MR) is 151 cm³/mol. The molecule has 1 N–H and O–H groups in total. The second kappa shape index (κ2) is 29.5. The van der Waals surface area contributed by atoms with Crippen molar-refractivity contribution >= 4 is 5.97 Å². The maximum absolute atomic E-state index is 10.4. The van der Waals surface area contributed by atoms with Crippen molar-refractivity contribution in [1.82, 2.24) is 0 Å². The van der Waals surface area contributed by atoms with E-state index in [-0.39, 0.29) is 6.42 Å². The topological polar surface area (TPSA) is 37.3 Å². The van der Waals surface area contributed by atoms with Crippen molar-refractivity contribution in [3.63, 3.8) is 0 Å². The van der Waals surface area contributed by atoms with Crippen LogP contribution < -0.4 is 0 Å². The molecule has 0 atom stereocenters. The highest BCUT2D eigenvalue weighted by molar-refractivity contribution is 5.66. The Labute approximate surface area is 212 Å². The normalized spacial score (nSPS) is 12.3. The summed E-state index contributed by atoms with van der Waals surface area (Å²) in [6, 6.07) is 0. The molecular weight excluding hydrogens is 416 g/mol. The third-order valence-electron chi connectivity index (χ3n) is 6.14. The second-order valence-corrected chi connectivity index (χ2v) is 9.58. The third kappa shape index (κ3) is 30.4.